The fraction of sp³-hybridized carbons (Fsp3) is 0.350. The number of urea groups is 1. The zero-order valence-electron chi connectivity index (χ0n) is 14.8. The minimum absolute atomic E-state index is 0.00807. The standard InChI is InChI=1S/C20H26N2O3/c1-15-10-11-18(22-20(24)21-16(2)7-6-12-23)19(13-15)25-14-17-8-4-3-5-9-17/h3-5,8-11,13,16,23H,6-7,12,14H2,1-2H3,(H2,21,22,24). The van der Waals surface area contributed by atoms with Crippen LogP contribution in [0, 0.1) is 6.92 Å². The number of hydrogen-bond acceptors (Lipinski definition) is 3. The summed E-state index contributed by atoms with van der Waals surface area (Å²) in [7, 11) is 0. The van der Waals surface area contributed by atoms with E-state index in [2.05, 4.69) is 10.6 Å². The number of nitrogens with one attached hydrogen (secondary N) is 2. The monoisotopic (exact) mass is 342 g/mol. The lowest BCUT2D eigenvalue weighted by atomic mass is 10.2. The van der Waals surface area contributed by atoms with Gasteiger partial charge in [0.15, 0.2) is 0 Å². The Morgan fingerprint density at radius 2 is 1.96 bits per heavy atom. The van der Waals surface area contributed by atoms with Gasteiger partial charge in [-0.05, 0) is 49.9 Å². The number of aliphatic hydroxyl groups is 1. The fourth-order valence-corrected chi connectivity index (χ4v) is 2.44. The average molecular weight is 342 g/mol. The summed E-state index contributed by atoms with van der Waals surface area (Å²) < 4.78 is 5.90. The molecule has 0 heterocycles. The highest BCUT2D eigenvalue weighted by Crippen LogP contribution is 2.26. The van der Waals surface area contributed by atoms with E-state index in [1.165, 1.54) is 0 Å². The van der Waals surface area contributed by atoms with Gasteiger partial charge in [0, 0.05) is 12.6 Å². The van der Waals surface area contributed by atoms with Gasteiger partial charge in [0.25, 0.3) is 0 Å². The Hall–Kier alpha value is -2.53. The van der Waals surface area contributed by atoms with Crippen molar-refractivity contribution in [2.24, 2.45) is 0 Å². The average Bonchev–Trinajstić information content (AvgIpc) is 2.61. The van der Waals surface area contributed by atoms with Crippen molar-refractivity contribution in [2.45, 2.75) is 39.3 Å². The summed E-state index contributed by atoms with van der Waals surface area (Å²) in [4.78, 5) is 12.2. The van der Waals surface area contributed by atoms with Crippen molar-refractivity contribution >= 4 is 11.7 Å². The number of amides is 2. The van der Waals surface area contributed by atoms with Gasteiger partial charge in [-0.1, -0.05) is 36.4 Å². The van der Waals surface area contributed by atoms with Gasteiger partial charge in [0.2, 0.25) is 0 Å². The Bertz CT molecular complexity index is 674. The minimum Gasteiger partial charge on any atom is -0.487 e. The number of carbonyl (C=O) groups excluding carboxylic acids is 1. The number of carbonyl (C=O) groups is 1. The summed E-state index contributed by atoms with van der Waals surface area (Å²) in [5.74, 6) is 0.641. The molecule has 0 aliphatic heterocycles. The Kier molecular flexibility index (Phi) is 7.29. The zero-order chi connectivity index (χ0) is 18.1. The van der Waals surface area contributed by atoms with Crippen LogP contribution < -0.4 is 15.4 Å². The van der Waals surface area contributed by atoms with E-state index in [1.807, 2.05) is 62.4 Å². The van der Waals surface area contributed by atoms with Crippen LogP contribution in [-0.2, 0) is 6.61 Å². The molecule has 3 N–H and O–H groups in total. The first-order chi connectivity index (χ1) is 12.1. The largest absolute Gasteiger partial charge is 0.487 e. The van der Waals surface area contributed by atoms with E-state index in [4.69, 9.17) is 9.84 Å². The van der Waals surface area contributed by atoms with E-state index in [9.17, 15) is 4.79 Å². The van der Waals surface area contributed by atoms with Crippen LogP contribution in [0.5, 0.6) is 5.75 Å². The molecule has 2 aromatic carbocycles. The molecule has 0 aromatic heterocycles. The van der Waals surface area contributed by atoms with E-state index in [1.54, 1.807) is 0 Å². The molecular weight excluding hydrogens is 316 g/mol. The number of anilines is 1. The van der Waals surface area contributed by atoms with Crippen LogP contribution in [0.25, 0.3) is 0 Å². The third-order valence-corrected chi connectivity index (χ3v) is 3.80. The Morgan fingerprint density at radius 1 is 1.20 bits per heavy atom. The number of benzene rings is 2. The van der Waals surface area contributed by atoms with E-state index in [0.29, 0.717) is 24.5 Å². The molecule has 5 nitrogen and oxygen atoms in total. The molecule has 0 bridgehead atoms. The number of aliphatic hydroxyl groups excluding tert-OH is 1. The lowest BCUT2D eigenvalue weighted by Gasteiger charge is -2.17. The molecule has 1 unspecified atom stereocenters. The Balaban J connectivity index is 1.98. The second-order valence-electron chi connectivity index (χ2n) is 6.14. The molecule has 0 radical (unpaired) electrons. The predicted molar refractivity (Wildman–Crippen MR) is 99.9 cm³/mol. The van der Waals surface area contributed by atoms with Crippen molar-refractivity contribution < 1.29 is 14.6 Å². The van der Waals surface area contributed by atoms with Gasteiger partial charge in [-0.3, -0.25) is 0 Å². The molecule has 134 valence electrons. The number of hydrogen-bond donors (Lipinski definition) is 3. The summed E-state index contributed by atoms with van der Waals surface area (Å²) in [6, 6.07) is 15.3. The fourth-order valence-electron chi connectivity index (χ4n) is 2.44. The summed E-state index contributed by atoms with van der Waals surface area (Å²) in [6.07, 6.45) is 1.40. The highest BCUT2D eigenvalue weighted by Gasteiger charge is 2.11. The molecule has 0 saturated heterocycles. The molecule has 1 atom stereocenters. The van der Waals surface area contributed by atoms with Crippen LogP contribution in [0.15, 0.2) is 48.5 Å². The molecule has 0 saturated carbocycles. The topological polar surface area (TPSA) is 70.6 Å². The Labute approximate surface area is 149 Å². The molecule has 2 aromatic rings. The summed E-state index contributed by atoms with van der Waals surface area (Å²) in [5, 5.41) is 14.6. The van der Waals surface area contributed by atoms with Crippen LogP contribution in [0.2, 0.25) is 0 Å². The third kappa shape index (κ3) is 6.47. The first-order valence-electron chi connectivity index (χ1n) is 8.54. The van der Waals surface area contributed by atoms with Crippen LogP contribution in [-0.4, -0.2) is 23.8 Å². The maximum absolute atomic E-state index is 12.2. The predicted octanol–water partition coefficient (Wildman–Crippen LogP) is 3.86. The first-order valence-corrected chi connectivity index (χ1v) is 8.54. The van der Waals surface area contributed by atoms with Crippen LogP contribution >= 0.6 is 0 Å². The normalized spacial score (nSPS) is 11.6. The van der Waals surface area contributed by atoms with Gasteiger partial charge in [-0.25, -0.2) is 4.79 Å². The van der Waals surface area contributed by atoms with Crippen LogP contribution in [0.4, 0.5) is 10.5 Å². The van der Waals surface area contributed by atoms with E-state index < -0.39 is 0 Å². The lowest BCUT2D eigenvalue weighted by molar-refractivity contribution is 0.244. The van der Waals surface area contributed by atoms with Crippen molar-refractivity contribution in [1.29, 1.82) is 0 Å². The minimum atomic E-state index is -0.279. The van der Waals surface area contributed by atoms with E-state index in [-0.39, 0.29) is 18.7 Å². The zero-order valence-corrected chi connectivity index (χ0v) is 14.8. The maximum Gasteiger partial charge on any atom is 0.319 e. The van der Waals surface area contributed by atoms with Crippen molar-refractivity contribution in [3.8, 4) is 5.75 Å². The SMILES string of the molecule is Cc1ccc(NC(=O)NC(C)CCCO)c(OCc2ccccc2)c1. The molecule has 0 fully saturated rings. The summed E-state index contributed by atoms with van der Waals surface area (Å²) in [6.45, 7) is 4.46. The molecule has 5 heteroatoms. The highest BCUT2D eigenvalue weighted by molar-refractivity contribution is 5.91. The van der Waals surface area contributed by atoms with Crippen molar-refractivity contribution in [1.82, 2.24) is 5.32 Å². The molecular formula is C20H26N2O3. The highest BCUT2D eigenvalue weighted by atomic mass is 16.5. The van der Waals surface area contributed by atoms with Gasteiger partial charge in [0.1, 0.15) is 12.4 Å². The summed E-state index contributed by atoms with van der Waals surface area (Å²) in [5.41, 5.74) is 2.76. The number of ether oxygens (including phenoxy) is 1. The smallest absolute Gasteiger partial charge is 0.319 e. The van der Waals surface area contributed by atoms with Crippen LogP contribution in [0.3, 0.4) is 0 Å². The number of aryl methyl sites for hydroxylation is 1. The van der Waals surface area contributed by atoms with Crippen molar-refractivity contribution in [2.75, 3.05) is 11.9 Å². The molecule has 25 heavy (non-hydrogen) atoms. The molecule has 2 rings (SSSR count). The molecule has 0 aliphatic carbocycles. The van der Waals surface area contributed by atoms with Gasteiger partial charge in [-0.2, -0.15) is 0 Å². The maximum atomic E-state index is 12.2. The third-order valence-electron chi connectivity index (χ3n) is 3.80. The molecule has 2 amide bonds. The van der Waals surface area contributed by atoms with Crippen LogP contribution in [0.1, 0.15) is 30.9 Å². The van der Waals surface area contributed by atoms with Crippen molar-refractivity contribution in [3.63, 3.8) is 0 Å². The second-order valence-corrected chi connectivity index (χ2v) is 6.14. The second kappa shape index (κ2) is 9.69. The van der Waals surface area contributed by atoms with Gasteiger partial charge in [0.05, 0.1) is 5.69 Å². The summed E-state index contributed by atoms with van der Waals surface area (Å²) >= 11 is 0. The molecule has 0 aliphatic rings. The quantitative estimate of drug-likeness (QED) is 0.682. The number of rotatable bonds is 8. The Morgan fingerprint density at radius 3 is 2.68 bits per heavy atom. The van der Waals surface area contributed by atoms with Gasteiger partial charge in [-0.15, -0.1) is 0 Å². The van der Waals surface area contributed by atoms with E-state index >= 15 is 0 Å². The van der Waals surface area contributed by atoms with Gasteiger partial charge < -0.3 is 20.5 Å². The van der Waals surface area contributed by atoms with Crippen molar-refractivity contribution in [3.05, 3.63) is 59.7 Å². The molecule has 0 spiro atoms. The lowest BCUT2D eigenvalue weighted by Crippen LogP contribution is -2.36. The van der Waals surface area contributed by atoms with Gasteiger partial charge >= 0.3 is 6.03 Å². The first kappa shape index (κ1) is 18.8. The van der Waals surface area contributed by atoms with E-state index in [0.717, 1.165) is 17.5 Å².